The van der Waals surface area contributed by atoms with Crippen LogP contribution in [0.1, 0.15) is 81.6 Å². The first-order valence-corrected chi connectivity index (χ1v) is 24.0. The number of amides is 1. The summed E-state index contributed by atoms with van der Waals surface area (Å²) in [4.78, 5) is 37.8. The van der Waals surface area contributed by atoms with Crippen molar-refractivity contribution < 1.29 is 28.0 Å². The summed E-state index contributed by atoms with van der Waals surface area (Å²) in [5.74, 6) is -0.927. The topological polar surface area (TPSA) is 189 Å². The maximum absolute atomic E-state index is 14.2. The number of fused-ring (bicyclic) bond motifs is 2. The van der Waals surface area contributed by atoms with E-state index in [0.717, 1.165) is 74.1 Å². The Morgan fingerprint density at radius 3 is 2.49 bits per heavy atom. The quantitative estimate of drug-likeness (QED) is 0.0787. The van der Waals surface area contributed by atoms with Crippen molar-refractivity contribution in [3.05, 3.63) is 117 Å². The molecule has 1 saturated carbocycles. The number of nitro benzene ring substituents is 1. The number of benzene rings is 3. The first kappa shape index (κ1) is 44.4. The van der Waals surface area contributed by atoms with Gasteiger partial charge in [0.05, 0.1) is 45.0 Å². The van der Waals surface area contributed by atoms with Gasteiger partial charge in [-0.1, -0.05) is 43.2 Å². The van der Waals surface area contributed by atoms with Crippen molar-refractivity contribution in [2.24, 2.45) is 11.3 Å². The third-order valence-corrected chi connectivity index (χ3v) is 15.0. The van der Waals surface area contributed by atoms with Crippen LogP contribution in [0.2, 0.25) is 5.02 Å². The molecule has 1 saturated heterocycles. The van der Waals surface area contributed by atoms with Crippen LogP contribution in [0.4, 0.5) is 11.4 Å². The number of rotatable bonds is 12. The number of nitrogens with one attached hydrogen (secondary N) is 2. The molecule has 0 bridgehead atoms. The molecule has 340 valence electrons. The van der Waals surface area contributed by atoms with Gasteiger partial charge in [0.25, 0.3) is 15.9 Å². The zero-order chi connectivity index (χ0) is 45.7. The molecule has 3 aromatic heterocycles. The smallest absolute Gasteiger partial charge is 0.312 e. The number of nitrogens with zero attached hydrogens (tertiary/aromatic N) is 6. The number of sulfonamides is 1. The number of aliphatic hydroxyl groups is 1. The Morgan fingerprint density at radius 1 is 1.00 bits per heavy atom. The highest BCUT2D eigenvalue weighted by molar-refractivity contribution is 7.90. The lowest BCUT2D eigenvalue weighted by Gasteiger charge is -2.39. The standard InChI is InChI=1S/C48H53ClN8O7S/c1-47(2)16-14-34(39(27-47)32-4-6-35(49)7-5-32)29-54-20-22-55(23-21-54)36-8-10-38(41(25-36)56-42-24-33-15-19-50-45(33)52-40(42)28-51-56)46(58)53-65(62,63)37-9-11-44(43(26-37)57(60)61)64-30-31-12-17-48(3,59)18-13-31/h4-11,15,19,24-26,28,31,59H,12-14,16-18,20-23,27,29-30H2,1-3H3,(H,50,52)(H,53,58)/t31-,48-. The Kier molecular flexibility index (Phi) is 12.0. The van der Waals surface area contributed by atoms with Gasteiger partial charge in [-0.05, 0) is 129 Å². The van der Waals surface area contributed by atoms with E-state index in [2.05, 4.69) is 50.6 Å². The first-order chi connectivity index (χ1) is 31.0. The molecule has 3 aliphatic rings. The van der Waals surface area contributed by atoms with E-state index in [1.807, 2.05) is 36.4 Å². The molecular formula is C48H53ClN8O7S. The third-order valence-electron chi connectivity index (χ3n) is 13.4. The molecule has 2 aliphatic carbocycles. The van der Waals surface area contributed by atoms with Crippen molar-refractivity contribution in [1.82, 2.24) is 29.4 Å². The van der Waals surface area contributed by atoms with Gasteiger partial charge in [0.1, 0.15) is 11.2 Å². The van der Waals surface area contributed by atoms with Crippen LogP contribution in [0.3, 0.4) is 0 Å². The van der Waals surface area contributed by atoms with Crippen molar-refractivity contribution in [1.29, 1.82) is 0 Å². The van der Waals surface area contributed by atoms with Gasteiger partial charge >= 0.3 is 5.69 Å². The average Bonchev–Trinajstić information content (AvgIpc) is 3.92. The lowest BCUT2D eigenvalue weighted by Crippen LogP contribution is -2.47. The highest BCUT2D eigenvalue weighted by Gasteiger charge is 2.32. The molecule has 0 unspecified atom stereocenters. The second-order valence-corrected chi connectivity index (χ2v) is 21.0. The van der Waals surface area contributed by atoms with E-state index in [4.69, 9.17) is 21.3 Å². The largest absolute Gasteiger partial charge is 0.487 e. The van der Waals surface area contributed by atoms with E-state index in [9.17, 15) is 28.4 Å². The molecule has 3 N–H and O–H groups in total. The predicted octanol–water partition coefficient (Wildman–Crippen LogP) is 8.69. The molecule has 15 nitrogen and oxygen atoms in total. The third kappa shape index (κ3) is 9.62. The Hall–Kier alpha value is -5.81. The minimum atomic E-state index is -4.62. The molecule has 0 atom stereocenters. The van der Waals surface area contributed by atoms with Crippen molar-refractivity contribution in [3.8, 4) is 11.4 Å². The fraction of sp³-hybridized carbons (Fsp3) is 0.396. The SMILES string of the molecule is CC1(C)CCC(CN2CCN(c3ccc(C(=O)NS(=O)(=O)c4ccc(OC[C@H]5CC[C@](C)(O)CC5)c([N+](=O)[O-])c4)c(-n4ncc5nc6[nH]ccc6cc54)c3)CC2)=C(c2ccc(Cl)cc2)C1. The number of allylic oxidation sites excluding steroid dienone is 1. The number of piperazine rings is 1. The summed E-state index contributed by atoms with van der Waals surface area (Å²) in [6.45, 7) is 10.6. The summed E-state index contributed by atoms with van der Waals surface area (Å²) < 4.78 is 37.3. The number of pyridine rings is 1. The molecule has 0 spiro atoms. The van der Waals surface area contributed by atoms with E-state index >= 15 is 0 Å². The second kappa shape index (κ2) is 17.5. The number of anilines is 1. The number of hydrogen-bond acceptors (Lipinski definition) is 11. The van der Waals surface area contributed by atoms with Gasteiger partial charge in [-0.25, -0.2) is 22.8 Å². The van der Waals surface area contributed by atoms with Crippen molar-refractivity contribution in [2.45, 2.75) is 76.2 Å². The number of aromatic nitrogens is 4. The lowest BCUT2D eigenvalue weighted by molar-refractivity contribution is -0.386. The van der Waals surface area contributed by atoms with Gasteiger partial charge in [0.15, 0.2) is 5.75 Å². The Morgan fingerprint density at radius 2 is 1.75 bits per heavy atom. The number of hydrogen-bond donors (Lipinski definition) is 3. The van der Waals surface area contributed by atoms with Gasteiger partial charge in [-0.2, -0.15) is 5.10 Å². The number of ether oxygens (including phenoxy) is 1. The van der Waals surface area contributed by atoms with Gasteiger partial charge < -0.3 is 19.7 Å². The molecule has 4 heterocycles. The number of nitro groups is 1. The summed E-state index contributed by atoms with van der Waals surface area (Å²) in [6.07, 6.45) is 9.15. The van der Waals surface area contributed by atoms with Crippen LogP contribution in [0.5, 0.6) is 5.75 Å². The molecule has 1 amide bonds. The first-order valence-electron chi connectivity index (χ1n) is 22.1. The van der Waals surface area contributed by atoms with Crippen LogP contribution < -0.4 is 14.4 Å². The van der Waals surface area contributed by atoms with E-state index in [0.29, 0.717) is 48.1 Å². The molecule has 65 heavy (non-hydrogen) atoms. The van der Waals surface area contributed by atoms with Crippen LogP contribution >= 0.6 is 11.6 Å². The number of aromatic amines is 1. The fourth-order valence-corrected chi connectivity index (χ4v) is 10.5. The summed E-state index contributed by atoms with van der Waals surface area (Å²) in [7, 11) is -4.62. The van der Waals surface area contributed by atoms with Crippen molar-refractivity contribution in [2.75, 3.05) is 44.2 Å². The maximum atomic E-state index is 14.2. The van der Waals surface area contributed by atoms with Gasteiger partial charge in [0.2, 0.25) is 0 Å². The summed E-state index contributed by atoms with van der Waals surface area (Å²) in [6, 6.07) is 20.5. The van der Waals surface area contributed by atoms with Crippen molar-refractivity contribution in [3.63, 3.8) is 0 Å². The zero-order valence-electron chi connectivity index (χ0n) is 36.7. The molecule has 17 heteroatoms. The zero-order valence-corrected chi connectivity index (χ0v) is 38.3. The number of H-pyrrole nitrogens is 1. The van der Waals surface area contributed by atoms with Crippen LogP contribution in [-0.4, -0.2) is 93.9 Å². The van der Waals surface area contributed by atoms with E-state index in [-0.39, 0.29) is 29.3 Å². The Bertz CT molecular complexity index is 2930. The molecular weight excluding hydrogens is 868 g/mol. The monoisotopic (exact) mass is 920 g/mol. The Balaban J connectivity index is 0.965. The summed E-state index contributed by atoms with van der Waals surface area (Å²) in [5, 5.41) is 28.7. The van der Waals surface area contributed by atoms with E-state index in [1.54, 1.807) is 30.1 Å². The van der Waals surface area contributed by atoms with Crippen molar-refractivity contribution >= 4 is 66.5 Å². The van der Waals surface area contributed by atoms with Crippen LogP contribution in [-0.2, 0) is 10.0 Å². The molecule has 0 radical (unpaired) electrons. The van der Waals surface area contributed by atoms with E-state index < -0.39 is 37.0 Å². The van der Waals surface area contributed by atoms with Crippen LogP contribution in [0.15, 0.2) is 95.7 Å². The van der Waals surface area contributed by atoms with Crippen LogP contribution in [0.25, 0.3) is 33.3 Å². The lowest BCUT2D eigenvalue weighted by atomic mass is 9.72. The predicted molar refractivity (Wildman–Crippen MR) is 251 cm³/mol. The van der Waals surface area contributed by atoms with Gasteiger partial charge in [-0.3, -0.25) is 19.8 Å². The highest BCUT2D eigenvalue weighted by Crippen LogP contribution is 2.44. The molecule has 2 fully saturated rings. The number of halogens is 1. The molecule has 1 aliphatic heterocycles. The Labute approximate surface area is 382 Å². The average molecular weight is 922 g/mol. The summed E-state index contributed by atoms with van der Waals surface area (Å²) >= 11 is 6.26. The minimum absolute atomic E-state index is 0.0259. The molecule has 3 aromatic carbocycles. The van der Waals surface area contributed by atoms with Gasteiger partial charge in [0, 0.05) is 61.1 Å². The summed E-state index contributed by atoms with van der Waals surface area (Å²) in [5.41, 5.74) is 6.10. The number of carbonyl (C=O) groups excluding carboxylic acids is 1. The normalized spacial score (nSPS) is 20.6. The maximum Gasteiger partial charge on any atom is 0.312 e. The van der Waals surface area contributed by atoms with E-state index in [1.165, 1.54) is 28.8 Å². The fourth-order valence-electron chi connectivity index (χ4n) is 9.44. The highest BCUT2D eigenvalue weighted by atomic mass is 35.5. The number of carbonyl (C=O) groups is 1. The minimum Gasteiger partial charge on any atom is -0.487 e. The van der Waals surface area contributed by atoms with Gasteiger partial charge in [-0.15, -0.1) is 0 Å². The molecule has 6 aromatic rings. The van der Waals surface area contributed by atoms with Crippen LogP contribution in [0, 0.1) is 21.4 Å². The molecule has 9 rings (SSSR count). The second-order valence-electron chi connectivity index (χ2n) is 18.8.